The number of amides is 1. The summed E-state index contributed by atoms with van der Waals surface area (Å²) in [5, 5.41) is 17.9. The van der Waals surface area contributed by atoms with Crippen LogP contribution in [0.3, 0.4) is 0 Å². The molecule has 3 aromatic rings. The zero-order valence-corrected chi connectivity index (χ0v) is 27.0. The number of carbonyl (C=O) groups excluding carboxylic acids is 2. The summed E-state index contributed by atoms with van der Waals surface area (Å²) in [6, 6.07) is 22.9. The Kier molecular flexibility index (Phi) is 14.3. The monoisotopic (exact) mass is 620 g/mol. The Morgan fingerprint density at radius 1 is 0.800 bits per heavy atom. The Morgan fingerprint density at radius 3 is 2.22 bits per heavy atom. The normalized spacial score (nSPS) is 12.8. The maximum absolute atomic E-state index is 13.3. The fourth-order valence-electron chi connectivity index (χ4n) is 4.78. The van der Waals surface area contributed by atoms with Crippen molar-refractivity contribution in [1.82, 2.24) is 5.32 Å². The fraction of sp³-hybridized carbons (Fsp3) is 0.472. The van der Waals surface area contributed by atoms with Gasteiger partial charge in [-0.05, 0) is 88.3 Å². The Hall–Kier alpha value is -3.95. The van der Waals surface area contributed by atoms with E-state index in [0.29, 0.717) is 19.5 Å². The van der Waals surface area contributed by atoms with Crippen LogP contribution < -0.4 is 10.6 Å². The number of fused-ring (bicyclic) bond motifs is 1. The van der Waals surface area contributed by atoms with Crippen LogP contribution in [0.25, 0.3) is 10.8 Å². The molecule has 2 atom stereocenters. The topological polar surface area (TPSA) is 123 Å². The van der Waals surface area contributed by atoms with Crippen LogP contribution in [0, 0.1) is 6.92 Å². The first kappa shape index (κ1) is 35.5. The quantitative estimate of drug-likeness (QED) is 0.109. The SMILES string of the molecule is Cc1ccc(NCCCCOC(C(=O)NCCCCCc2ccc3ccccc3c2)C(OCC(=O)O)C(=O)OC(C)(C)C)cc1. The molecule has 0 fully saturated rings. The van der Waals surface area contributed by atoms with Gasteiger partial charge in [0.25, 0.3) is 5.91 Å². The molecule has 0 saturated heterocycles. The first-order chi connectivity index (χ1) is 21.5. The number of hydrogen-bond donors (Lipinski definition) is 3. The van der Waals surface area contributed by atoms with Crippen molar-refractivity contribution in [1.29, 1.82) is 0 Å². The standard InChI is InChI=1S/C36H48N2O7/c1-26-15-19-30(20-16-26)37-21-10-11-23-43-32(33(44-25-31(39)40)35(42)45-36(2,3)4)34(41)38-22-9-5-6-12-27-17-18-28-13-7-8-14-29(28)24-27/h7-8,13-20,24,32-33,37H,5-6,9-12,21-23,25H2,1-4H3,(H,38,41)(H,39,40). The Balaban J connectivity index is 1.52. The molecule has 0 aliphatic rings. The van der Waals surface area contributed by atoms with Gasteiger partial charge in [-0.1, -0.05) is 66.6 Å². The summed E-state index contributed by atoms with van der Waals surface area (Å²) in [5.41, 5.74) is 2.61. The van der Waals surface area contributed by atoms with E-state index in [-0.39, 0.29) is 6.61 Å². The highest BCUT2D eigenvalue weighted by Crippen LogP contribution is 2.18. The molecular formula is C36H48N2O7. The van der Waals surface area contributed by atoms with Crippen molar-refractivity contribution in [2.75, 3.05) is 31.6 Å². The van der Waals surface area contributed by atoms with Crippen molar-refractivity contribution >= 4 is 34.3 Å². The molecule has 1 amide bonds. The smallest absolute Gasteiger partial charge is 0.339 e. The van der Waals surface area contributed by atoms with Gasteiger partial charge in [0.1, 0.15) is 12.2 Å². The molecule has 244 valence electrons. The van der Waals surface area contributed by atoms with Gasteiger partial charge in [0.05, 0.1) is 0 Å². The van der Waals surface area contributed by atoms with Crippen LogP contribution in [0.1, 0.15) is 64.0 Å². The van der Waals surface area contributed by atoms with E-state index < -0.39 is 42.3 Å². The molecule has 0 aliphatic carbocycles. The predicted molar refractivity (Wildman–Crippen MR) is 176 cm³/mol. The van der Waals surface area contributed by atoms with Gasteiger partial charge < -0.3 is 30.0 Å². The maximum Gasteiger partial charge on any atom is 0.339 e. The minimum atomic E-state index is -1.53. The molecule has 0 bridgehead atoms. The third kappa shape index (κ3) is 13.3. The Morgan fingerprint density at radius 2 is 1.51 bits per heavy atom. The highest BCUT2D eigenvalue weighted by Gasteiger charge is 2.39. The molecule has 0 saturated carbocycles. The third-order valence-corrected chi connectivity index (χ3v) is 7.06. The summed E-state index contributed by atoms with van der Waals surface area (Å²) < 4.78 is 16.8. The van der Waals surface area contributed by atoms with E-state index in [1.165, 1.54) is 21.9 Å². The molecule has 9 nitrogen and oxygen atoms in total. The average Bonchev–Trinajstić information content (AvgIpc) is 2.99. The van der Waals surface area contributed by atoms with Gasteiger partial charge in [-0.3, -0.25) is 4.79 Å². The van der Waals surface area contributed by atoms with E-state index >= 15 is 0 Å². The van der Waals surface area contributed by atoms with E-state index in [1.54, 1.807) is 20.8 Å². The summed E-state index contributed by atoms with van der Waals surface area (Å²) >= 11 is 0. The summed E-state index contributed by atoms with van der Waals surface area (Å²) in [4.78, 5) is 37.7. The van der Waals surface area contributed by atoms with Gasteiger partial charge in [-0.15, -0.1) is 0 Å². The molecule has 0 radical (unpaired) electrons. The number of nitrogens with one attached hydrogen (secondary N) is 2. The van der Waals surface area contributed by atoms with Crippen LogP contribution in [0.4, 0.5) is 5.69 Å². The Bertz CT molecular complexity index is 1370. The first-order valence-corrected chi connectivity index (χ1v) is 15.8. The van der Waals surface area contributed by atoms with Gasteiger partial charge in [-0.2, -0.15) is 0 Å². The summed E-state index contributed by atoms with van der Waals surface area (Å²) in [5.74, 6) is -2.65. The number of anilines is 1. The number of hydrogen-bond acceptors (Lipinski definition) is 7. The maximum atomic E-state index is 13.3. The number of ether oxygens (including phenoxy) is 3. The molecule has 3 aromatic carbocycles. The zero-order chi connectivity index (χ0) is 32.7. The number of esters is 1. The zero-order valence-electron chi connectivity index (χ0n) is 27.0. The molecule has 3 rings (SSSR count). The number of aryl methyl sites for hydroxylation is 2. The summed E-state index contributed by atoms with van der Waals surface area (Å²) in [6.07, 6.45) is 2.02. The number of carboxylic acids is 1. The van der Waals surface area contributed by atoms with Crippen LogP contribution in [0.15, 0.2) is 66.7 Å². The van der Waals surface area contributed by atoms with Crippen LogP contribution >= 0.6 is 0 Å². The molecular weight excluding hydrogens is 572 g/mol. The van der Waals surface area contributed by atoms with Gasteiger partial charge in [-0.25, -0.2) is 9.59 Å². The number of rotatable bonds is 19. The first-order valence-electron chi connectivity index (χ1n) is 15.8. The highest BCUT2D eigenvalue weighted by atomic mass is 16.6. The molecule has 0 aromatic heterocycles. The van der Waals surface area contributed by atoms with E-state index in [0.717, 1.165) is 37.8 Å². The average molecular weight is 621 g/mol. The molecule has 3 N–H and O–H groups in total. The molecule has 45 heavy (non-hydrogen) atoms. The lowest BCUT2D eigenvalue weighted by atomic mass is 10.0. The molecule has 9 heteroatoms. The van der Waals surface area contributed by atoms with Crippen LogP contribution in [-0.4, -0.2) is 67.1 Å². The van der Waals surface area contributed by atoms with E-state index in [1.807, 2.05) is 43.3 Å². The molecule has 2 unspecified atom stereocenters. The minimum Gasteiger partial charge on any atom is -0.480 e. The van der Waals surface area contributed by atoms with Gasteiger partial charge >= 0.3 is 11.9 Å². The lowest BCUT2D eigenvalue weighted by Gasteiger charge is -2.28. The number of carbonyl (C=O) groups is 3. The molecule has 0 aliphatic heterocycles. The Labute approximate surface area is 266 Å². The van der Waals surface area contributed by atoms with Crippen molar-refractivity contribution in [2.45, 2.75) is 84.0 Å². The van der Waals surface area contributed by atoms with Crippen molar-refractivity contribution in [3.05, 3.63) is 77.9 Å². The minimum absolute atomic E-state index is 0.176. The van der Waals surface area contributed by atoms with Crippen molar-refractivity contribution in [3.8, 4) is 0 Å². The van der Waals surface area contributed by atoms with E-state index in [9.17, 15) is 19.5 Å². The van der Waals surface area contributed by atoms with Gasteiger partial charge in [0, 0.05) is 25.4 Å². The van der Waals surface area contributed by atoms with Gasteiger partial charge in [0.15, 0.2) is 12.2 Å². The number of aliphatic carboxylic acids is 1. The fourth-order valence-corrected chi connectivity index (χ4v) is 4.78. The summed E-state index contributed by atoms with van der Waals surface area (Å²) in [7, 11) is 0. The van der Waals surface area contributed by atoms with Crippen molar-refractivity contribution in [3.63, 3.8) is 0 Å². The third-order valence-electron chi connectivity index (χ3n) is 7.06. The second-order valence-corrected chi connectivity index (χ2v) is 12.2. The summed E-state index contributed by atoms with van der Waals surface area (Å²) in [6.45, 7) is 7.59. The lowest BCUT2D eigenvalue weighted by Crippen LogP contribution is -2.51. The van der Waals surface area contributed by atoms with E-state index in [2.05, 4.69) is 41.0 Å². The number of benzene rings is 3. The van der Waals surface area contributed by atoms with Crippen LogP contribution in [0.5, 0.6) is 0 Å². The largest absolute Gasteiger partial charge is 0.480 e. The van der Waals surface area contributed by atoms with Gasteiger partial charge in [0.2, 0.25) is 0 Å². The second-order valence-electron chi connectivity index (χ2n) is 12.2. The number of unbranched alkanes of at least 4 members (excludes halogenated alkanes) is 3. The van der Waals surface area contributed by atoms with E-state index in [4.69, 9.17) is 14.2 Å². The second kappa shape index (κ2) is 18.1. The number of carboxylic acid groups (broad SMARTS) is 1. The highest BCUT2D eigenvalue weighted by molar-refractivity contribution is 5.89. The molecule has 0 spiro atoms. The van der Waals surface area contributed by atoms with Crippen LogP contribution in [-0.2, 0) is 35.0 Å². The van der Waals surface area contributed by atoms with Crippen molar-refractivity contribution < 1.29 is 33.7 Å². The van der Waals surface area contributed by atoms with Crippen molar-refractivity contribution in [2.24, 2.45) is 0 Å². The molecule has 0 heterocycles. The van der Waals surface area contributed by atoms with Crippen LogP contribution in [0.2, 0.25) is 0 Å². The predicted octanol–water partition coefficient (Wildman–Crippen LogP) is 6.07. The lowest BCUT2D eigenvalue weighted by molar-refractivity contribution is -0.184.